The Balaban J connectivity index is 1.35. The number of alkyl carbamates (subject to hydrolysis) is 1. The molecule has 13 heteroatoms. The molecule has 2 aromatic rings. The van der Waals surface area contributed by atoms with E-state index in [1.807, 2.05) is 12.1 Å². The van der Waals surface area contributed by atoms with Crippen molar-refractivity contribution in [1.82, 2.24) is 30.6 Å². The van der Waals surface area contributed by atoms with Gasteiger partial charge < -0.3 is 19.5 Å². The van der Waals surface area contributed by atoms with E-state index in [9.17, 15) is 24.0 Å². The fourth-order valence-corrected chi connectivity index (χ4v) is 3.95. The fourth-order valence-electron chi connectivity index (χ4n) is 3.95. The summed E-state index contributed by atoms with van der Waals surface area (Å²) in [5.74, 6) is -1.84. The number of amides is 5. The number of rotatable bonds is 7. The lowest BCUT2D eigenvalue weighted by atomic mass is 10.0. The summed E-state index contributed by atoms with van der Waals surface area (Å²) in [5.41, 5.74) is 1.02. The van der Waals surface area contributed by atoms with Crippen LogP contribution in [0, 0.1) is 0 Å². The summed E-state index contributed by atoms with van der Waals surface area (Å²) in [6.07, 6.45) is 0.764. The van der Waals surface area contributed by atoms with Gasteiger partial charge in [-0.1, -0.05) is 29.4 Å². The minimum Gasteiger partial charge on any atom is -0.444 e. The molecule has 1 unspecified atom stereocenters. The van der Waals surface area contributed by atoms with Crippen molar-refractivity contribution in [2.45, 2.75) is 58.3 Å². The second-order valence-electron chi connectivity index (χ2n) is 9.93. The van der Waals surface area contributed by atoms with Crippen LogP contribution in [0.2, 0.25) is 0 Å². The second kappa shape index (κ2) is 10.4. The maximum absolute atomic E-state index is 12.9. The van der Waals surface area contributed by atoms with Crippen molar-refractivity contribution in [3.05, 3.63) is 47.5 Å². The number of hydrogen-bond acceptors (Lipinski definition) is 10. The SMILES string of the molecule is CN(Cc1nc(-c2ccc(CNC(=O)OC(C)(C)C)cc2)no1)C1=CC(=O)N(C2CCC(=O)NC2=O)C1=O. The van der Waals surface area contributed by atoms with Crippen LogP contribution >= 0.6 is 0 Å². The molecule has 0 saturated carbocycles. The third-order valence-electron chi connectivity index (χ3n) is 5.76. The average molecular weight is 525 g/mol. The molecule has 1 fully saturated rings. The van der Waals surface area contributed by atoms with Gasteiger partial charge in [-0.15, -0.1) is 0 Å². The molecule has 1 aromatic heterocycles. The standard InChI is InChI=1S/C25H28N6O7/c1-25(2,3)37-24(36)26-12-14-5-7-15(8-6-14)21-28-19(38-29-21)13-30(4)17-11-20(33)31(23(17)35)16-9-10-18(32)27-22(16)34/h5-8,11,16H,9-10,12-13H2,1-4H3,(H,26,36)(H,27,32,34). The summed E-state index contributed by atoms with van der Waals surface area (Å²) in [6.45, 7) is 5.69. The summed E-state index contributed by atoms with van der Waals surface area (Å²) in [7, 11) is 1.58. The topological polar surface area (TPSA) is 164 Å². The summed E-state index contributed by atoms with van der Waals surface area (Å²) in [5, 5.41) is 8.82. The number of likely N-dealkylation sites (N-methyl/N-ethyl adjacent to an activating group) is 1. The first-order valence-corrected chi connectivity index (χ1v) is 11.9. The number of imide groups is 2. The van der Waals surface area contributed by atoms with Crippen molar-refractivity contribution in [3.8, 4) is 11.4 Å². The molecule has 0 aliphatic carbocycles. The molecule has 0 radical (unpaired) electrons. The number of nitrogens with one attached hydrogen (secondary N) is 2. The van der Waals surface area contributed by atoms with Crippen LogP contribution in [0.15, 0.2) is 40.6 Å². The Kier molecular flexibility index (Phi) is 7.28. The van der Waals surface area contributed by atoms with E-state index in [1.165, 1.54) is 4.90 Å². The summed E-state index contributed by atoms with van der Waals surface area (Å²) in [6, 6.07) is 6.15. The molecule has 1 atom stereocenters. The van der Waals surface area contributed by atoms with E-state index < -0.39 is 41.4 Å². The maximum Gasteiger partial charge on any atom is 0.407 e. The van der Waals surface area contributed by atoms with Crippen LogP contribution in [0.5, 0.6) is 0 Å². The number of hydrogen-bond donors (Lipinski definition) is 2. The number of nitrogens with zero attached hydrogens (tertiary/aromatic N) is 4. The lowest BCUT2D eigenvalue weighted by Gasteiger charge is -2.29. The van der Waals surface area contributed by atoms with Gasteiger partial charge in [0, 0.05) is 31.7 Å². The highest BCUT2D eigenvalue weighted by molar-refractivity contribution is 6.18. The van der Waals surface area contributed by atoms with Crippen molar-refractivity contribution in [1.29, 1.82) is 0 Å². The lowest BCUT2D eigenvalue weighted by molar-refractivity contribution is -0.150. The number of benzene rings is 1. The van der Waals surface area contributed by atoms with Gasteiger partial charge in [-0.25, -0.2) is 4.79 Å². The zero-order chi connectivity index (χ0) is 27.6. The van der Waals surface area contributed by atoms with E-state index in [4.69, 9.17) is 9.26 Å². The van der Waals surface area contributed by atoms with E-state index in [-0.39, 0.29) is 37.5 Å². The monoisotopic (exact) mass is 524 g/mol. The van der Waals surface area contributed by atoms with Crippen molar-refractivity contribution < 1.29 is 33.2 Å². The maximum atomic E-state index is 12.9. The van der Waals surface area contributed by atoms with E-state index in [1.54, 1.807) is 40.0 Å². The average Bonchev–Trinajstić information content (AvgIpc) is 3.41. The third-order valence-corrected chi connectivity index (χ3v) is 5.76. The Labute approximate surface area is 218 Å². The Bertz CT molecular complexity index is 1310. The molecule has 200 valence electrons. The first-order chi connectivity index (χ1) is 17.9. The normalized spacial score (nSPS) is 17.8. The number of carbonyl (C=O) groups excluding carboxylic acids is 5. The van der Waals surface area contributed by atoms with Crippen LogP contribution in [0.1, 0.15) is 45.1 Å². The van der Waals surface area contributed by atoms with Crippen LogP contribution < -0.4 is 10.6 Å². The first kappa shape index (κ1) is 26.5. The van der Waals surface area contributed by atoms with Crippen molar-refractivity contribution in [2.75, 3.05) is 7.05 Å². The predicted molar refractivity (Wildman–Crippen MR) is 130 cm³/mol. The number of carbonyl (C=O) groups is 5. The molecular formula is C25H28N6O7. The Morgan fingerprint density at radius 3 is 2.58 bits per heavy atom. The largest absolute Gasteiger partial charge is 0.444 e. The molecular weight excluding hydrogens is 496 g/mol. The Morgan fingerprint density at radius 2 is 1.92 bits per heavy atom. The number of aromatic nitrogens is 2. The zero-order valence-corrected chi connectivity index (χ0v) is 21.4. The predicted octanol–water partition coefficient (Wildman–Crippen LogP) is 1.25. The van der Waals surface area contributed by atoms with Crippen LogP contribution in [0.4, 0.5) is 4.79 Å². The number of ether oxygens (including phenoxy) is 1. The van der Waals surface area contributed by atoms with E-state index in [2.05, 4.69) is 20.8 Å². The minimum atomic E-state index is -1.04. The van der Waals surface area contributed by atoms with Crippen LogP contribution in [-0.4, -0.2) is 68.4 Å². The highest BCUT2D eigenvalue weighted by atomic mass is 16.6. The van der Waals surface area contributed by atoms with E-state index >= 15 is 0 Å². The Morgan fingerprint density at radius 1 is 1.21 bits per heavy atom. The van der Waals surface area contributed by atoms with Crippen molar-refractivity contribution >= 4 is 29.7 Å². The molecule has 0 spiro atoms. The van der Waals surface area contributed by atoms with Gasteiger partial charge in [0.05, 0.1) is 6.54 Å². The molecule has 1 saturated heterocycles. The third kappa shape index (κ3) is 6.05. The smallest absolute Gasteiger partial charge is 0.407 e. The summed E-state index contributed by atoms with van der Waals surface area (Å²) in [4.78, 5) is 67.5. The highest BCUT2D eigenvalue weighted by Gasteiger charge is 2.43. The summed E-state index contributed by atoms with van der Waals surface area (Å²) >= 11 is 0. The molecule has 38 heavy (non-hydrogen) atoms. The molecule has 2 aliphatic rings. The van der Waals surface area contributed by atoms with E-state index in [0.717, 1.165) is 16.5 Å². The fraction of sp³-hybridized carbons (Fsp3) is 0.400. The van der Waals surface area contributed by atoms with Gasteiger partial charge in [0.2, 0.25) is 23.5 Å². The van der Waals surface area contributed by atoms with Gasteiger partial charge in [0.1, 0.15) is 17.3 Å². The molecule has 2 N–H and O–H groups in total. The van der Waals surface area contributed by atoms with Gasteiger partial charge in [-0.3, -0.25) is 29.4 Å². The van der Waals surface area contributed by atoms with Gasteiger partial charge in [-0.2, -0.15) is 4.98 Å². The van der Waals surface area contributed by atoms with Crippen molar-refractivity contribution in [3.63, 3.8) is 0 Å². The zero-order valence-electron chi connectivity index (χ0n) is 21.4. The van der Waals surface area contributed by atoms with Crippen LogP contribution in [0.25, 0.3) is 11.4 Å². The van der Waals surface area contributed by atoms with Gasteiger partial charge >= 0.3 is 6.09 Å². The number of piperidine rings is 1. The Hall–Kier alpha value is -4.55. The quantitative estimate of drug-likeness (QED) is 0.504. The summed E-state index contributed by atoms with van der Waals surface area (Å²) < 4.78 is 10.5. The first-order valence-electron chi connectivity index (χ1n) is 11.9. The second-order valence-corrected chi connectivity index (χ2v) is 9.93. The van der Waals surface area contributed by atoms with Crippen LogP contribution in [-0.2, 0) is 37.0 Å². The molecule has 5 amide bonds. The van der Waals surface area contributed by atoms with Crippen molar-refractivity contribution in [2.24, 2.45) is 0 Å². The van der Waals surface area contributed by atoms with E-state index in [0.29, 0.717) is 11.4 Å². The van der Waals surface area contributed by atoms with Gasteiger partial charge in [0.25, 0.3) is 11.8 Å². The molecule has 3 heterocycles. The minimum absolute atomic E-state index is 0.0406. The van der Waals surface area contributed by atoms with Gasteiger partial charge in [0.15, 0.2) is 0 Å². The van der Waals surface area contributed by atoms with Crippen LogP contribution in [0.3, 0.4) is 0 Å². The molecule has 13 nitrogen and oxygen atoms in total. The molecule has 2 aliphatic heterocycles. The lowest BCUT2D eigenvalue weighted by Crippen LogP contribution is -2.54. The molecule has 4 rings (SSSR count). The highest BCUT2D eigenvalue weighted by Crippen LogP contribution is 2.24. The molecule has 1 aromatic carbocycles. The molecule has 0 bridgehead atoms. The van der Waals surface area contributed by atoms with Gasteiger partial charge in [-0.05, 0) is 32.8 Å².